The van der Waals surface area contributed by atoms with Crippen molar-refractivity contribution in [3.63, 3.8) is 0 Å². The molecule has 0 fully saturated rings. The average Bonchev–Trinajstić information content (AvgIpc) is 2.88. The molecule has 1 aliphatic rings. The first kappa shape index (κ1) is 14.5. The number of likely N-dealkylation sites (N-methyl/N-ethyl adjacent to an activating group) is 1. The molecule has 20 heavy (non-hydrogen) atoms. The second kappa shape index (κ2) is 6.52. The van der Waals surface area contributed by atoms with E-state index in [-0.39, 0.29) is 5.91 Å². The summed E-state index contributed by atoms with van der Waals surface area (Å²) in [5.41, 5.74) is 3.04. The molecule has 0 aromatic heterocycles. The van der Waals surface area contributed by atoms with Gasteiger partial charge in [0.1, 0.15) is 0 Å². The fourth-order valence-corrected chi connectivity index (χ4v) is 1.95. The first-order valence-corrected chi connectivity index (χ1v) is 6.78. The fraction of sp³-hybridized carbons (Fsp3) is 0.467. The van der Waals surface area contributed by atoms with Gasteiger partial charge in [0.25, 0.3) is 5.91 Å². The molecule has 0 radical (unpaired) electrons. The van der Waals surface area contributed by atoms with Gasteiger partial charge in [0.05, 0.1) is 5.71 Å². The van der Waals surface area contributed by atoms with E-state index in [0.717, 1.165) is 17.8 Å². The van der Waals surface area contributed by atoms with Crippen LogP contribution in [0.1, 0.15) is 17.5 Å². The highest BCUT2D eigenvalue weighted by atomic mass is 16.6. The van der Waals surface area contributed by atoms with Crippen molar-refractivity contribution in [3.05, 3.63) is 35.4 Å². The van der Waals surface area contributed by atoms with E-state index < -0.39 is 6.10 Å². The van der Waals surface area contributed by atoms with E-state index in [1.807, 2.05) is 50.2 Å². The Kier molecular flexibility index (Phi) is 4.74. The number of amides is 1. The smallest absolute Gasteiger partial charge is 0.264 e. The van der Waals surface area contributed by atoms with Gasteiger partial charge in [0.2, 0.25) is 6.10 Å². The molecule has 2 rings (SSSR count). The summed E-state index contributed by atoms with van der Waals surface area (Å²) in [4.78, 5) is 19.2. The maximum Gasteiger partial charge on any atom is 0.264 e. The minimum absolute atomic E-state index is 0.0993. The number of rotatable bonds is 5. The number of nitrogens with one attached hydrogen (secondary N) is 1. The molecule has 0 aliphatic carbocycles. The predicted molar refractivity (Wildman–Crippen MR) is 78.8 cm³/mol. The summed E-state index contributed by atoms with van der Waals surface area (Å²) in [7, 11) is 3.94. The second-order valence-corrected chi connectivity index (χ2v) is 5.30. The first-order chi connectivity index (χ1) is 9.56. The third-order valence-corrected chi connectivity index (χ3v) is 3.20. The lowest BCUT2D eigenvalue weighted by Crippen LogP contribution is -2.38. The Labute approximate surface area is 119 Å². The van der Waals surface area contributed by atoms with E-state index in [2.05, 4.69) is 10.5 Å². The van der Waals surface area contributed by atoms with Gasteiger partial charge < -0.3 is 15.1 Å². The standard InChI is InChI=1S/C15H21N3O2/c1-11-4-6-12(7-5-11)13-10-14(20-17-13)15(19)16-8-9-18(2)3/h4-7,14H,8-10H2,1-3H3,(H,16,19). The molecule has 1 atom stereocenters. The first-order valence-electron chi connectivity index (χ1n) is 6.78. The van der Waals surface area contributed by atoms with Crippen LogP contribution in [-0.4, -0.2) is 49.8 Å². The molecule has 1 aromatic rings. The van der Waals surface area contributed by atoms with E-state index in [1.165, 1.54) is 5.56 Å². The van der Waals surface area contributed by atoms with Gasteiger partial charge in [-0.1, -0.05) is 35.0 Å². The summed E-state index contributed by atoms with van der Waals surface area (Å²) in [6.07, 6.45) is 0.0186. The van der Waals surface area contributed by atoms with E-state index >= 15 is 0 Å². The number of hydrogen-bond donors (Lipinski definition) is 1. The molecule has 1 aromatic carbocycles. The molecule has 0 saturated heterocycles. The molecule has 1 heterocycles. The molecule has 0 bridgehead atoms. The lowest BCUT2D eigenvalue weighted by atomic mass is 10.0. The van der Waals surface area contributed by atoms with Crippen LogP contribution in [0.4, 0.5) is 0 Å². The zero-order valence-electron chi connectivity index (χ0n) is 12.2. The monoisotopic (exact) mass is 275 g/mol. The van der Waals surface area contributed by atoms with Gasteiger partial charge in [-0.25, -0.2) is 0 Å². The summed E-state index contributed by atoms with van der Waals surface area (Å²) in [6, 6.07) is 8.07. The topological polar surface area (TPSA) is 53.9 Å². The van der Waals surface area contributed by atoms with E-state index in [4.69, 9.17) is 4.84 Å². The van der Waals surface area contributed by atoms with Crippen molar-refractivity contribution < 1.29 is 9.63 Å². The van der Waals surface area contributed by atoms with Crippen molar-refractivity contribution in [2.75, 3.05) is 27.2 Å². The molecule has 5 nitrogen and oxygen atoms in total. The van der Waals surface area contributed by atoms with Crippen LogP contribution < -0.4 is 5.32 Å². The Morgan fingerprint density at radius 3 is 2.75 bits per heavy atom. The zero-order chi connectivity index (χ0) is 14.5. The summed E-state index contributed by atoms with van der Waals surface area (Å²) < 4.78 is 0. The van der Waals surface area contributed by atoms with Crippen molar-refractivity contribution >= 4 is 11.6 Å². The van der Waals surface area contributed by atoms with E-state index in [0.29, 0.717) is 13.0 Å². The predicted octanol–water partition coefficient (Wildman–Crippen LogP) is 1.17. The zero-order valence-corrected chi connectivity index (χ0v) is 12.2. The maximum atomic E-state index is 11.9. The molecule has 1 amide bonds. The number of benzene rings is 1. The Morgan fingerprint density at radius 2 is 2.10 bits per heavy atom. The van der Waals surface area contributed by atoms with Crippen LogP contribution in [0.25, 0.3) is 0 Å². The Morgan fingerprint density at radius 1 is 1.40 bits per heavy atom. The molecule has 108 valence electrons. The molecular formula is C15H21N3O2. The number of carbonyl (C=O) groups excluding carboxylic acids is 1. The number of aryl methyl sites for hydroxylation is 1. The molecule has 0 spiro atoms. The summed E-state index contributed by atoms with van der Waals surface area (Å²) in [5, 5.41) is 6.88. The van der Waals surface area contributed by atoms with Crippen molar-refractivity contribution in [1.82, 2.24) is 10.2 Å². The lowest BCUT2D eigenvalue weighted by Gasteiger charge is -2.12. The quantitative estimate of drug-likeness (QED) is 0.877. The second-order valence-electron chi connectivity index (χ2n) is 5.30. The highest BCUT2D eigenvalue weighted by Gasteiger charge is 2.28. The largest absolute Gasteiger partial charge is 0.382 e. The SMILES string of the molecule is Cc1ccc(C2=NOC(C(=O)NCCN(C)C)C2)cc1. The summed E-state index contributed by atoms with van der Waals surface area (Å²) in [5.74, 6) is -0.0993. The van der Waals surface area contributed by atoms with Gasteiger partial charge in [0.15, 0.2) is 0 Å². The Bertz CT molecular complexity index is 494. The summed E-state index contributed by atoms with van der Waals surface area (Å²) >= 11 is 0. The van der Waals surface area contributed by atoms with Gasteiger partial charge in [0, 0.05) is 19.5 Å². The lowest BCUT2D eigenvalue weighted by molar-refractivity contribution is -0.131. The van der Waals surface area contributed by atoms with Crippen LogP contribution >= 0.6 is 0 Å². The van der Waals surface area contributed by atoms with Crippen LogP contribution in [0.3, 0.4) is 0 Å². The number of nitrogens with zero attached hydrogens (tertiary/aromatic N) is 2. The van der Waals surface area contributed by atoms with Crippen LogP contribution in [0.5, 0.6) is 0 Å². The van der Waals surface area contributed by atoms with Crippen LogP contribution in [0.2, 0.25) is 0 Å². The number of carbonyl (C=O) groups is 1. The molecule has 0 saturated carbocycles. The minimum Gasteiger partial charge on any atom is -0.382 e. The third-order valence-electron chi connectivity index (χ3n) is 3.20. The molecule has 1 aliphatic heterocycles. The van der Waals surface area contributed by atoms with Gasteiger partial charge in [-0.2, -0.15) is 0 Å². The van der Waals surface area contributed by atoms with Crippen molar-refractivity contribution in [2.45, 2.75) is 19.4 Å². The van der Waals surface area contributed by atoms with Crippen LogP contribution in [-0.2, 0) is 9.63 Å². The summed E-state index contributed by atoms with van der Waals surface area (Å²) in [6.45, 7) is 3.47. The molecule has 1 N–H and O–H groups in total. The van der Waals surface area contributed by atoms with Gasteiger partial charge in [-0.05, 0) is 26.6 Å². The van der Waals surface area contributed by atoms with Crippen LogP contribution in [0, 0.1) is 6.92 Å². The van der Waals surface area contributed by atoms with Gasteiger partial charge >= 0.3 is 0 Å². The Balaban J connectivity index is 1.84. The van der Waals surface area contributed by atoms with Crippen molar-refractivity contribution in [2.24, 2.45) is 5.16 Å². The van der Waals surface area contributed by atoms with Crippen molar-refractivity contribution in [3.8, 4) is 0 Å². The van der Waals surface area contributed by atoms with E-state index in [1.54, 1.807) is 0 Å². The molecular weight excluding hydrogens is 254 g/mol. The van der Waals surface area contributed by atoms with Gasteiger partial charge in [-0.15, -0.1) is 0 Å². The van der Waals surface area contributed by atoms with Crippen LogP contribution in [0.15, 0.2) is 29.4 Å². The van der Waals surface area contributed by atoms with Gasteiger partial charge in [-0.3, -0.25) is 4.79 Å². The number of hydrogen-bond acceptors (Lipinski definition) is 4. The highest BCUT2D eigenvalue weighted by molar-refractivity contribution is 6.04. The normalized spacial score (nSPS) is 17.8. The fourth-order valence-electron chi connectivity index (χ4n) is 1.95. The Hall–Kier alpha value is -1.88. The minimum atomic E-state index is -0.506. The van der Waals surface area contributed by atoms with Crippen molar-refractivity contribution in [1.29, 1.82) is 0 Å². The molecule has 1 unspecified atom stereocenters. The maximum absolute atomic E-state index is 11.9. The highest BCUT2D eigenvalue weighted by Crippen LogP contribution is 2.17. The number of oxime groups is 1. The third kappa shape index (κ3) is 3.81. The molecule has 5 heteroatoms. The average molecular weight is 275 g/mol. The van der Waals surface area contributed by atoms with E-state index in [9.17, 15) is 4.79 Å².